The summed E-state index contributed by atoms with van der Waals surface area (Å²) < 4.78 is 10.7. The first kappa shape index (κ1) is 24.5. The predicted octanol–water partition coefficient (Wildman–Crippen LogP) is 4.27. The van der Waals surface area contributed by atoms with Crippen LogP contribution in [0.2, 0.25) is 5.02 Å². The molecule has 34 heavy (non-hydrogen) atoms. The molecule has 3 aromatic rings. The van der Waals surface area contributed by atoms with Gasteiger partial charge in [-0.2, -0.15) is 5.10 Å². The van der Waals surface area contributed by atoms with E-state index in [0.29, 0.717) is 11.3 Å². The Morgan fingerprint density at radius 1 is 0.941 bits per heavy atom. The lowest BCUT2D eigenvalue weighted by atomic mass is 10.1. The third-order valence-corrected chi connectivity index (χ3v) is 5.03. The molecule has 0 aromatic heterocycles. The Kier molecular flexibility index (Phi) is 8.00. The highest BCUT2D eigenvalue weighted by Gasteiger charge is 2.16. The zero-order valence-corrected chi connectivity index (χ0v) is 19.5. The zero-order valence-electron chi connectivity index (χ0n) is 18.7. The fraction of sp³-hybridized carbons (Fsp3) is 0.120. The van der Waals surface area contributed by atoms with E-state index in [4.69, 9.17) is 21.1 Å². The van der Waals surface area contributed by atoms with E-state index in [1.807, 2.05) is 26.0 Å². The highest BCUT2D eigenvalue weighted by atomic mass is 35.5. The van der Waals surface area contributed by atoms with Crippen LogP contribution in [0.15, 0.2) is 65.8 Å². The number of methoxy groups -OCH3 is 1. The maximum absolute atomic E-state index is 12.4. The first-order valence-electron chi connectivity index (χ1n) is 10.1. The summed E-state index contributed by atoms with van der Waals surface area (Å²) in [5, 5.41) is 6.62. The normalized spacial score (nSPS) is 10.6. The monoisotopic (exact) mass is 479 g/mol. The number of hydrogen-bond donors (Lipinski definition) is 2. The van der Waals surface area contributed by atoms with Gasteiger partial charge in [-0.15, -0.1) is 0 Å². The minimum absolute atomic E-state index is 0.182. The van der Waals surface area contributed by atoms with E-state index in [0.717, 1.165) is 11.1 Å². The summed E-state index contributed by atoms with van der Waals surface area (Å²) in [5.41, 5.74) is 5.35. The number of benzene rings is 3. The van der Waals surface area contributed by atoms with Gasteiger partial charge < -0.3 is 14.8 Å². The van der Waals surface area contributed by atoms with Gasteiger partial charge in [0.05, 0.1) is 23.9 Å². The number of nitrogens with one attached hydrogen (secondary N) is 2. The van der Waals surface area contributed by atoms with Gasteiger partial charge in [0, 0.05) is 5.69 Å². The Balaban J connectivity index is 1.62. The van der Waals surface area contributed by atoms with Crippen molar-refractivity contribution in [3.8, 4) is 11.5 Å². The lowest BCUT2D eigenvalue weighted by Gasteiger charge is -2.10. The summed E-state index contributed by atoms with van der Waals surface area (Å²) >= 11 is 6.04. The van der Waals surface area contributed by atoms with Crippen LogP contribution in [-0.4, -0.2) is 31.1 Å². The Hall–Kier alpha value is -4.17. The Bertz CT molecular complexity index is 1270. The van der Waals surface area contributed by atoms with Crippen molar-refractivity contribution in [2.75, 3.05) is 12.4 Å². The highest BCUT2D eigenvalue weighted by molar-refractivity contribution is 6.39. The molecule has 2 N–H and O–H groups in total. The van der Waals surface area contributed by atoms with Gasteiger partial charge in [-0.1, -0.05) is 41.4 Å². The largest absolute Gasteiger partial charge is 0.493 e. The number of amides is 2. The first-order chi connectivity index (χ1) is 16.3. The molecule has 0 unspecified atom stereocenters. The van der Waals surface area contributed by atoms with Gasteiger partial charge in [0.1, 0.15) is 0 Å². The smallest absolute Gasteiger partial charge is 0.345 e. The second-order valence-electron chi connectivity index (χ2n) is 7.25. The summed E-state index contributed by atoms with van der Waals surface area (Å²) in [7, 11) is 1.42. The molecule has 0 bridgehead atoms. The maximum atomic E-state index is 12.4. The zero-order chi connectivity index (χ0) is 24.7. The van der Waals surface area contributed by atoms with E-state index >= 15 is 0 Å². The van der Waals surface area contributed by atoms with Crippen LogP contribution < -0.4 is 20.2 Å². The number of halogens is 1. The van der Waals surface area contributed by atoms with Crippen molar-refractivity contribution >= 4 is 41.3 Å². The third kappa shape index (κ3) is 6.20. The summed E-state index contributed by atoms with van der Waals surface area (Å²) in [4.78, 5) is 36.5. The molecule has 0 heterocycles. The van der Waals surface area contributed by atoms with Crippen LogP contribution in [-0.2, 0) is 9.59 Å². The van der Waals surface area contributed by atoms with Crippen molar-refractivity contribution in [1.29, 1.82) is 0 Å². The molecule has 0 aliphatic carbocycles. The summed E-state index contributed by atoms with van der Waals surface area (Å²) in [6.45, 7) is 3.77. The second-order valence-corrected chi connectivity index (χ2v) is 7.66. The molecule has 0 atom stereocenters. The summed E-state index contributed by atoms with van der Waals surface area (Å²) in [5.74, 6) is -1.95. The number of carbonyl (C=O) groups is 3. The van der Waals surface area contributed by atoms with Crippen molar-refractivity contribution < 1.29 is 23.9 Å². The highest BCUT2D eigenvalue weighted by Crippen LogP contribution is 2.29. The number of rotatable bonds is 6. The maximum Gasteiger partial charge on any atom is 0.345 e. The van der Waals surface area contributed by atoms with E-state index in [2.05, 4.69) is 15.8 Å². The van der Waals surface area contributed by atoms with Gasteiger partial charge in [0.25, 0.3) is 0 Å². The average Bonchev–Trinajstić information content (AvgIpc) is 2.81. The lowest BCUT2D eigenvalue weighted by Crippen LogP contribution is -2.32. The van der Waals surface area contributed by atoms with Gasteiger partial charge in [0.15, 0.2) is 11.5 Å². The van der Waals surface area contributed by atoms with Crippen molar-refractivity contribution in [3.05, 3.63) is 87.9 Å². The lowest BCUT2D eigenvalue weighted by molar-refractivity contribution is -0.136. The molecular weight excluding hydrogens is 458 g/mol. The van der Waals surface area contributed by atoms with E-state index in [9.17, 15) is 14.4 Å². The number of hydrogen-bond acceptors (Lipinski definition) is 6. The third-order valence-electron chi connectivity index (χ3n) is 4.70. The number of aryl methyl sites for hydroxylation is 2. The van der Waals surface area contributed by atoms with Crippen molar-refractivity contribution in [2.45, 2.75) is 13.8 Å². The molecule has 9 heteroatoms. The van der Waals surface area contributed by atoms with E-state index in [-0.39, 0.29) is 22.1 Å². The number of anilines is 1. The molecule has 3 rings (SSSR count). The number of esters is 1. The SMILES string of the molecule is COc1cc(C=NNC(=O)C(=O)Nc2ccc(C)cc2C)ccc1OC(=O)c1ccccc1Cl. The van der Waals surface area contributed by atoms with Crippen molar-refractivity contribution in [3.63, 3.8) is 0 Å². The summed E-state index contributed by atoms with van der Waals surface area (Å²) in [6, 6.07) is 16.7. The Morgan fingerprint density at radius 3 is 2.41 bits per heavy atom. The van der Waals surface area contributed by atoms with Crippen LogP contribution in [0, 0.1) is 13.8 Å². The van der Waals surface area contributed by atoms with E-state index < -0.39 is 17.8 Å². The fourth-order valence-corrected chi connectivity index (χ4v) is 3.19. The second kappa shape index (κ2) is 11.1. The van der Waals surface area contributed by atoms with Crippen molar-refractivity contribution in [1.82, 2.24) is 5.43 Å². The van der Waals surface area contributed by atoms with Gasteiger partial charge in [-0.05, 0) is 61.4 Å². The molecule has 0 spiro atoms. The standard InChI is InChI=1S/C25H22ClN3O5/c1-15-8-10-20(16(2)12-15)28-23(30)24(31)29-27-14-17-9-11-21(22(13-17)33-3)34-25(32)18-6-4-5-7-19(18)26/h4-14H,1-3H3,(H,28,30)(H,29,31). The molecular formula is C25H22ClN3O5. The first-order valence-corrected chi connectivity index (χ1v) is 10.5. The van der Waals surface area contributed by atoms with Crippen LogP contribution in [0.3, 0.4) is 0 Å². The Morgan fingerprint density at radius 2 is 1.71 bits per heavy atom. The predicted molar refractivity (Wildman–Crippen MR) is 130 cm³/mol. The Labute approximate surface area is 201 Å². The summed E-state index contributed by atoms with van der Waals surface area (Å²) in [6.07, 6.45) is 1.32. The number of ether oxygens (including phenoxy) is 2. The molecule has 0 fully saturated rings. The molecule has 174 valence electrons. The number of hydrazone groups is 1. The molecule has 8 nitrogen and oxygen atoms in total. The molecule has 0 aliphatic rings. The topological polar surface area (TPSA) is 106 Å². The van der Waals surface area contributed by atoms with Crippen LogP contribution in [0.4, 0.5) is 5.69 Å². The van der Waals surface area contributed by atoms with Crippen LogP contribution in [0.5, 0.6) is 11.5 Å². The molecule has 0 saturated heterocycles. The minimum Gasteiger partial charge on any atom is -0.493 e. The number of carbonyl (C=O) groups excluding carboxylic acids is 3. The molecule has 0 saturated carbocycles. The van der Waals surface area contributed by atoms with E-state index in [1.54, 1.807) is 42.5 Å². The molecule has 2 amide bonds. The quantitative estimate of drug-likeness (QED) is 0.180. The van der Waals surface area contributed by atoms with E-state index in [1.165, 1.54) is 19.4 Å². The van der Waals surface area contributed by atoms with Gasteiger partial charge in [-0.25, -0.2) is 10.2 Å². The average molecular weight is 480 g/mol. The van der Waals surface area contributed by atoms with Gasteiger partial charge in [-0.3, -0.25) is 9.59 Å². The van der Waals surface area contributed by atoms with Crippen LogP contribution >= 0.6 is 11.6 Å². The minimum atomic E-state index is -0.923. The molecule has 0 radical (unpaired) electrons. The number of nitrogens with zero attached hydrogens (tertiary/aromatic N) is 1. The van der Waals surface area contributed by atoms with Crippen LogP contribution in [0.25, 0.3) is 0 Å². The fourth-order valence-electron chi connectivity index (χ4n) is 2.98. The molecule has 3 aromatic carbocycles. The van der Waals surface area contributed by atoms with Crippen molar-refractivity contribution in [2.24, 2.45) is 5.10 Å². The molecule has 0 aliphatic heterocycles. The van der Waals surface area contributed by atoms with Gasteiger partial charge >= 0.3 is 17.8 Å². The van der Waals surface area contributed by atoms with Gasteiger partial charge in [0.2, 0.25) is 0 Å². The van der Waals surface area contributed by atoms with Crippen LogP contribution in [0.1, 0.15) is 27.0 Å².